The number of aliphatic carboxylic acids is 1. The van der Waals surface area contributed by atoms with E-state index in [1.165, 1.54) is 4.90 Å². The van der Waals surface area contributed by atoms with Crippen molar-refractivity contribution in [2.24, 2.45) is 0 Å². The fourth-order valence-corrected chi connectivity index (χ4v) is 3.19. The van der Waals surface area contributed by atoms with E-state index in [4.69, 9.17) is 0 Å². The first-order chi connectivity index (χ1) is 9.68. The van der Waals surface area contributed by atoms with Crippen molar-refractivity contribution in [3.05, 3.63) is 17.5 Å². The van der Waals surface area contributed by atoms with Gasteiger partial charge in [-0.2, -0.15) is 5.10 Å². The van der Waals surface area contributed by atoms with Gasteiger partial charge in [0.15, 0.2) is 0 Å². The van der Waals surface area contributed by atoms with Crippen LogP contribution < -0.4 is 0 Å². The Morgan fingerprint density at radius 1 is 1.20 bits per heavy atom. The highest BCUT2D eigenvalue weighted by molar-refractivity contribution is 5.97. The van der Waals surface area contributed by atoms with Crippen LogP contribution in [-0.2, 0) is 17.8 Å². The number of carboxylic acid groups (broad SMARTS) is 1. The van der Waals surface area contributed by atoms with Crippen LogP contribution in [0.5, 0.6) is 0 Å². The van der Waals surface area contributed by atoms with Crippen LogP contribution in [0.25, 0.3) is 0 Å². The lowest BCUT2D eigenvalue weighted by Gasteiger charge is -2.33. The summed E-state index contributed by atoms with van der Waals surface area (Å²) in [6.45, 7) is 1.38. The minimum absolute atomic E-state index is 0.166. The number of likely N-dealkylation sites (tertiary alicyclic amines) is 1. The van der Waals surface area contributed by atoms with Crippen molar-refractivity contribution in [3.63, 3.8) is 0 Å². The molecule has 0 spiro atoms. The number of carbonyl (C=O) groups excluding carboxylic acids is 1. The Balaban J connectivity index is 1.87. The maximum atomic E-state index is 12.7. The number of carboxylic acids is 1. The predicted octanol–water partition coefficient (Wildman–Crippen LogP) is 1.30. The second-order valence-electron chi connectivity index (χ2n) is 5.53. The first kappa shape index (κ1) is 13.1. The van der Waals surface area contributed by atoms with Crippen LogP contribution in [0.2, 0.25) is 0 Å². The van der Waals surface area contributed by atoms with Gasteiger partial charge < -0.3 is 10.0 Å². The van der Waals surface area contributed by atoms with E-state index in [-0.39, 0.29) is 5.91 Å². The van der Waals surface area contributed by atoms with E-state index in [0.29, 0.717) is 18.5 Å². The van der Waals surface area contributed by atoms with Gasteiger partial charge in [-0.05, 0) is 38.5 Å². The number of nitrogens with zero attached hydrogens (tertiary/aromatic N) is 3. The SMILES string of the molecule is O=C(O)C1CCCCN1C(=O)c1cnn2c1CCCC2. The number of fused-ring (bicyclic) bond motifs is 1. The summed E-state index contributed by atoms with van der Waals surface area (Å²) >= 11 is 0. The molecule has 1 unspecified atom stereocenters. The molecule has 3 rings (SSSR count). The lowest BCUT2D eigenvalue weighted by atomic mass is 10.00. The summed E-state index contributed by atoms with van der Waals surface area (Å²) in [6, 6.07) is -0.685. The fourth-order valence-electron chi connectivity index (χ4n) is 3.19. The van der Waals surface area contributed by atoms with Gasteiger partial charge in [0.1, 0.15) is 6.04 Å². The van der Waals surface area contributed by atoms with Crippen molar-refractivity contribution < 1.29 is 14.7 Å². The third-order valence-corrected chi connectivity index (χ3v) is 4.26. The van der Waals surface area contributed by atoms with Gasteiger partial charge in [-0.25, -0.2) is 4.79 Å². The average molecular weight is 277 g/mol. The number of aromatic nitrogens is 2. The lowest BCUT2D eigenvalue weighted by Crippen LogP contribution is -2.48. The van der Waals surface area contributed by atoms with Gasteiger partial charge in [-0.15, -0.1) is 0 Å². The Morgan fingerprint density at radius 2 is 2.00 bits per heavy atom. The number of hydrogen-bond donors (Lipinski definition) is 1. The van der Waals surface area contributed by atoms with E-state index in [2.05, 4.69) is 5.10 Å². The molecule has 1 N–H and O–H groups in total. The Morgan fingerprint density at radius 3 is 2.80 bits per heavy atom. The molecule has 0 aromatic carbocycles. The molecule has 0 saturated carbocycles. The lowest BCUT2D eigenvalue weighted by molar-refractivity contribution is -0.143. The van der Waals surface area contributed by atoms with Crippen LogP contribution in [0.4, 0.5) is 0 Å². The zero-order valence-electron chi connectivity index (χ0n) is 11.4. The molecule has 0 bridgehead atoms. The van der Waals surface area contributed by atoms with E-state index in [9.17, 15) is 14.7 Å². The molecule has 0 radical (unpaired) electrons. The summed E-state index contributed by atoms with van der Waals surface area (Å²) < 4.78 is 1.89. The van der Waals surface area contributed by atoms with E-state index >= 15 is 0 Å². The topological polar surface area (TPSA) is 75.4 Å². The van der Waals surface area contributed by atoms with Crippen LogP contribution >= 0.6 is 0 Å². The summed E-state index contributed by atoms with van der Waals surface area (Å²) in [7, 11) is 0. The van der Waals surface area contributed by atoms with Crippen LogP contribution in [-0.4, -0.2) is 44.3 Å². The summed E-state index contributed by atoms with van der Waals surface area (Å²) in [6.07, 6.45) is 6.90. The molecule has 2 aliphatic rings. The normalized spacial score (nSPS) is 22.4. The molecule has 3 heterocycles. The highest BCUT2D eigenvalue weighted by atomic mass is 16.4. The number of amides is 1. The molecule has 0 aliphatic carbocycles. The number of hydrogen-bond acceptors (Lipinski definition) is 3. The van der Waals surface area contributed by atoms with Crippen molar-refractivity contribution in [1.82, 2.24) is 14.7 Å². The molecule has 1 amide bonds. The quantitative estimate of drug-likeness (QED) is 0.884. The minimum Gasteiger partial charge on any atom is -0.480 e. The van der Waals surface area contributed by atoms with Gasteiger partial charge in [0, 0.05) is 13.1 Å². The van der Waals surface area contributed by atoms with Gasteiger partial charge in [-0.1, -0.05) is 0 Å². The standard InChI is InChI=1S/C14H19N3O3/c18-13(16-7-3-1-6-12(16)14(19)20)10-9-15-17-8-4-2-5-11(10)17/h9,12H,1-8H2,(H,19,20). The van der Waals surface area contributed by atoms with Crippen molar-refractivity contribution >= 4 is 11.9 Å². The van der Waals surface area contributed by atoms with Crippen molar-refractivity contribution in [3.8, 4) is 0 Å². The highest BCUT2D eigenvalue weighted by Gasteiger charge is 2.34. The van der Waals surface area contributed by atoms with Crippen LogP contribution in [0.15, 0.2) is 6.20 Å². The second-order valence-corrected chi connectivity index (χ2v) is 5.53. The monoisotopic (exact) mass is 277 g/mol. The first-order valence-electron chi connectivity index (χ1n) is 7.27. The Bertz CT molecular complexity index is 538. The first-order valence-corrected chi connectivity index (χ1v) is 7.27. The van der Waals surface area contributed by atoms with E-state index in [1.54, 1.807) is 6.20 Å². The fraction of sp³-hybridized carbons (Fsp3) is 0.643. The van der Waals surface area contributed by atoms with Crippen molar-refractivity contribution in [1.29, 1.82) is 0 Å². The molecule has 1 aromatic heterocycles. The van der Waals surface area contributed by atoms with Gasteiger partial charge in [-0.3, -0.25) is 9.48 Å². The number of rotatable bonds is 2. The Labute approximate surface area is 117 Å². The van der Waals surface area contributed by atoms with Gasteiger partial charge >= 0.3 is 5.97 Å². The van der Waals surface area contributed by atoms with E-state index in [1.807, 2.05) is 4.68 Å². The minimum atomic E-state index is -0.904. The molecular formula is C14H19N3O3. The zero-order chi connectivity index (χ0) is 14.1. The summed E-state index contributed by atoms with van der Waals surface area (Å²) in [4.78, 5) is 25.5. The summed E-state index contributed by atoms with van der Waals surface area (Å²) in [5.74, 6) is -1.07. The number of aryl methyl sites for hydroxylation is 1. The molecule has 1 aromatic rings. The van der Waals surface area contributed by atoms with Gasteiger partial charge in [0.2, 0.25) is 0 Å². The highest BCUT2D eigenvalue weighted by Crippen LogP contribution is 2.24. The van der Waals surface area contributed by atoms with E-state index < -0.39 is 12.0 Å². The van der Waals surface area contributed by atoms with Crippen LogP contribution in [0.3, 0.4) is 0 Å². The van der Waals surface area contributed by atoms with Crippen molar-refractivity contribution in [2.45, 2.75) is 51.1 Å². The molecule has 6 heteroatoms. The largest absolute Gasteiger partial charge is 0.480 e. The summed E-state index contributed by atoms with van der Waals surface area (Å²) in [5.41, 5.74) is 1.56. The molecule has 6 nitrogen and oxygen atoms in total. The molecule has 20 heavy (non-hydrogen) atoms. The third-order valence-electron chi connectivity index (χ3n) is 4.26. The number of carbonyl (C=O) groups is 2. The zero-order valence-corrected chi connectivity index (χ0v) is 11.4. The molecule has 1 fully saturated rings. The third kappa shape index (κ3) is 2.19. The summed E-state index contributed by atoms with van der Waals surface area (Å²) in [5, 5.41) is 13.5. The smallest absolute Gasteiger partial charge is 0.326 e. The van der Waals surface area contributed by atoms with E-state index in [0.717, 1.165) is 44.3 Å². The maximum Gasteiger partial charge on any atom is 0.326 e. The molecule has 2 aliphatic heterocycles. The predicted molar refractivity (Wildman–Crippen MR) is 71.5 cm³/mol. The molecule has 108 valence electrons. The van der Waals surface area contributed by atoms with Gasteiger partial charge in [0.25, 0.3) is 5.91 Å². The van der Waals surface area contributed by atoms with Gasteiger partial charge in [0.05, 0.1) is 17.5 Å². The molecular weight excluding hydrogens is 258 g/mol. The van der Waals surface area contributed by atoms with Crippen LogP contribution in [0, 0.1) is 0 Å². The molecule has 1 saturated heterocycles. The maximum absolute atomic E-state index is 12.7. The average Bonchev–Trinajstić information content (AvgIpc) is 2.90. The Hall–Kier alpha value is -1.85. The van der Waals surface area contributed by atoms with Crippen molar-refractivity contribution in [2.75, 3.05) is 6.54 Å². The number of piperidine rings is 1. The van der Waals surface area contributed by atoms with Crippen LogP contribution in [0.1, 0.15) is 48.2 Å². The Kier molecular flexibility index (Phi) is 3.46. The second kappa shape index (κ2) is 5.26. The molecule has 1 atom stereocenters.